The zero-order valence-electron chi connectivity index (χ0n) is 11.0. The topological polar surface area (TPSA) is 38.0 Å². The van der Waals surface area contributed by atoms with Crippen LogP contribution in [0.2, 0.25) is 15.1 Å². The molecule has 1 atom stereocenters. The molecule has 3 N–H and O–H groups in total. The first-order valence-electron chi connectivity index (χ1n) is 6.17. The lowest BCUT2D eigenvalue weighted by atomic mass is 9.98. The summed E-state index contributed by atoms with van der Waals surface area (Å²) in [6.45, 7) is 1.99. The van der Waals surface area contributed by atoms with E-state index < -0.39 is 0 Å². The predicted molar refractivity (Wildman–Crippen MR) is 86.4 cm³/mol. The van der Waals surface area contributed by atoms with Gasteiger partial charge in [-0.15, -0.1) is 0 Å². The third-order valence-corrected chi connectivity index (χ3v) is 4.06. The summed E-state index contributed by atoms with van der Waals surface area (Å²) in [7, 11) is 0. The molecule has 2 aromatic carbocycles. The standard InChI is InChI=1S/C15H15Cl3N2/c1-9-5-10(7-11(16)6-9)15(20-19)8-12-13(17)3-2-4-14(12)18/h2-7,15,20H,8,19H2,1H3. The van der Waals surface area contributed by atoms with E-state index in [-0.39, 0.29) is 6.04 Å². The SMILES string of the molecule is Cc1cc(Cl)cc(C(Cc2c(Cl)cccc2Cl)NN)c1. The molecule has 0 bridgehead atoms. The molecule has 0 fully saturated rings. The van der Waals surface area contributed by atoms with Gasteiger partial charge in [0.05, 0.1) is 6.04 Å². The van der Waals surface area contributed by atoms with Crippen LogP contribution in [-0.2, 0) is 6.42 Å². The normalized spacial score (nSPS) is 12.4. The first-order valence-corrected chi connectivity index (χ1v) is 7.30. The summed E-state index contributed by atoms with van der Waals surface area (Å²) in [6.07, 6.45) is 0.592. The number of rotatable bonds is 4. The summed E-state index contributed by atoms with van der Waals surface area (Å²) in [5.74, 6) is 5.67. The van der Waals surface area contributed by atoms with Gasteiger partial charge in [-0.2, -0.15) is 0 Å². The highest BCUT2D eigenvalue weighted by Crippen LogP contribution is 2.30. The average Bonchev–Trinajstić information content (AvgIpc) is 2.37. The van der Waals surface area contributed by atoms with E-state index in [0.29, 0.717) is 21.5 Å². The van der Waals surface area contributed by atoms with Gasteiger partial charge in [0.15, 0.2) is 0 Å². The average molecular weight is 330 g/mol. The minimum Gasteiger partial charge on any atom is -0.271 e. The fourth-order valence-corrected chi connectivity index (χ4v) is 3.02. The van der Waals surface area contributed by atoms with Crippen molar-refractivity contribution >= 4 is 34.8 Å². The Labute approximate surface area is 133 Å². The lowest BCUT2D eigenvalue weighted by Crippen LogP contribution is -2.29. The fraction of sp³-hybridized carbons (Fsp3) is 0.200. The molecule has 0 amide bonds. The lowest BCUT2D eigenvalue weighted by molar-refractivity contribution is 0.552. The summed E-state index contributed by atoms with van der Waals surface area (Å²) in [6, 6.07) is 11.2. The maximum absolute atomic E-state index is 6.20. The maximum Gasteiger partial charge on any atom is 0.0501 e. The number of hydrogen-bond donors (Lipinski definition) is 2. The van der Waals surface area contributed by atoms with E-state index in [1.165, 1.54) is 0 Å². The van der Waals surface area contributed by atoms with Crippen molar-refractivity contribution in [3.63, 3.8) is 0 Å². The molecular weight excluding hydrogens is 315 g/mol. The Morgan fingerprint density at radius 1 is 1.10 bits per heavy atom. The van der Waals surface area contributed by atoms with Crippen LogP contribution in [0.5, 0.6) is 0 Å². The van der Waals surface area contributed by atoms with Crippen LogP contribution in [0.3, 0.4) is 0 Å². The highest BCUT2D eigenvalue weighted by Gasteiger charge is 2.15. The van der Waals surface area contributed by atoms with Gasteiger partial charge in [0.1, 0.15) is 0 Å². The van der Waals surface area contributed by atoms with Crippen molar-refractivity contribution in [2.24, 2.45) is 5.84 Å². The zero-order chi connectivity index (χ0) is 14.7. The molecule has 2 rings (SSSR count). The van der Waals surface area contributed by atoms with Crippen LogP contribution in [0.1, 0.15) is 22.7 Å². The highest BCUT2D eigenvalue weighted by molar-refractivity contribution is 6.36. The van der Waals surface area contributed by atoms with Crippen molar-refractivity contribution in [1.82, 2.24) is 5.43 Å². The molecule has 0 aliphatic heterocycles. The van der Waals surface area contributed by atoms with Gasteiger partial charge in [-0.3, -0.25) is 11.3 Å². The third-order valence-electron chi connectivity index (χ3n) is 3.14. The van der Waals surface area contributed by atoms with Crippen LogP contribution >= 0.6 is 34.8 Å². The molecule has 0 spiro atoms. The minimum absolute atomic E-state index is 0.107. The second kappa shape index (κ2) is 6.79. The number of aryl methyl sites for hydroxylation is 1. The van der Waals surface area contributed by atoms with Gasteiger partial charge >= 0.3 is 0 Å². The molecule has 0 aliphatic carbocycles. The Balaban J connectivity index is 2.33. The van der Waals surface area contributed by atoms with Crippen LogP contribution in [0.15, 0.2) is 36.4 Å². The molecule has 0 heterocycles. The molecule has 106 valence electrons. The Bertz CT molecular complexity index is 574. The van der Waals surface area contributed by atoms with E-state index >= 15 is 0 Å². The Morgan fingerprint density at radius 2 is 1.75 bits per heavy atom. The van der Waals surface area contributed by atoms with Crippen molar-refractivity contribution in [3.05, 3.63) is 68.2 Å². The second-order valence-electron chi connectivity index (χ2n) is 4.69. The van der Waals surface area contributed by atoms with E-state index in [1.54, 1.807) is 0 Å². The molecule has 0 aromatic heterocycles. The van der Waals surface area contributed by atoms with Crippen molar-refractivity contribution in [2.75, 3.05) is 0 Å². The Hall–Kier alpha value is -0.770. The first-order chi connectivity index (χ1) is 9.51. The van der Waals surface area contributed by atoms with E-state index in [9.17, 15) is 0 Å². The molecule has 0 saturated heterocycles. The van der Waals surface area contributed by atoms with Crippen molar-refractivity contribution in [1.29, 1.82) is 0 Å². The van der Waals surface area contributed by atoms with Crippen LogP contribution in [0.25, 0.3) is 0 Å². The monoisotopic (exact) mass is 328 g/mol. The molecule has 0 aliphatic rings. The second-order valence-corrected chi connectivity index (χ2v) is 5.94. The van der Waals surface area contributed by atoms with Crippen molar-refractivity contribution in [3.8, 4) is 0 Å². The van der Waals surface area contributed by atoms with E-state index in [4.69, 9.17) is 40.6 Å². The number of hydrazine groups is 1. The Morgan fingerprint density at radius 3 is 2.30 bits per heavy atom. The summed E-state index contributed by atoms with van der Waals surface area (Å²) in [5.41, 5.74) is 5.76. The Kier molecular flexibility index (Phi) is 5.30. The molecule has 20 heavy (non-hydrogen) atoms. The van der Waals surface area contributed by atoms with E-state index in [0.717, 1.165) is 16.7 Å². The molecule has 0 radical (unpaired) electrons. The summed E-state index contributed by atoms with van der Waals surface area (Å²) < 4.78 is 0. The number of hydrogen-bond acceptors (Lipinski definition) is 2. The van der Waals surface area contributed by atoms with Crippen LogP contribution in [0.4, 0.5) is 0 Å². The maximum atomic E-state index is 6.20. The number of nitrogens with two attached hydrogens (primary N) is 1. The summed E-state index contributed by atoms with van der Waals surface area (Å²) in [4.78, 5) is 0. The first kappa shape index (κ1) is 15.6. The van der Waals surface area contributed by atoms with Gasteiger partial charge in [-0.05, 0) is 54.3 Å². The molecule has 2 aromatic rings. The van der Waals surface area contributed by atoms with Gasteiger partial charge in [0.25, 0.3) is 0 Å². The van der Waals surface area contributed by atoms with Gasteiger partial charge < -0.3 is 0 Å². The third kappa shape index (κ3) is 3.66. The largest absolute Gasteiger partial charge is 0.271 e. The van der Waals surface area contributed by atoms with E-state index in [2.05, 4.69) is 5.43 Å². The molecule has 1 unspecified atom stereocenters. The summed E-state index contributed by atoms with van der Waals surface area (Å²) >= 11 is 18.5. The smallest absolute Gasteiger partial charge is 0.0501 e. The lowest BCUT2D eigenvalue weighted by Gasteiger charge is -2.19. The van der Waals surface area contributed by atoms with Gasteiger partial charge in [-0.1, -0.05) is 46.9 Å². The molecular formula is C15H15Cl3N2. The van der Waals surface area contributed by atoms with Crippen LogP contribution in [0, 0.1) is 6.92 Å². The van der Waals surface area contributed by atoms with Crippen molar-refractivity contribution in [2.45, 2.75) is 19.4 Å². The summed E-state index contributed by atoms with van der Waals surface area (Å²) in [5, 5.41) is 1.96. The molecule has 0 saturated carbocycles. The zero-order valence-corrected chi connectivity index (χ0v) is 13.2. The van der Waals surface area contributed by atoms with Crippen molar-refractivity contribution < 1.29 is 0 Å². The minimum atomic E-state index is -0.107. The number of nitrogens with one attached hydrogen (secondary N) is 1. The van der Waals surface area contributed by atoms with Gasteiger partial charge in [-0.25, -0.2) is 0 Å². The van der Waals surface area contributed by atoms with Gasteiger partial charge in [0, 0.05) is 15.1 Å². The van der Waals surface area contributed by atoms with Crippen LogP contribution in [-0.4, -0.2) is 0 Å². The quantitative estimate of drug-likeness (QED) is 0.630. The highest BCUT2D eigenvalue weighted by atomic mass is 35.5. The number of benzene rings is 2. The van der Waals surface area contributed by atoms with Crippen LogP contribution < -0.4 is 11.3 Å². The van der Waals surface area contributed by atoms with E-state index in [1.807, 2.05) is 43.3 Å². The number of halogens is 3. The molecule has 2 nitrogen and oxygen atoms in total. The van der Waals surface area contributed by atoms with Gasteiger partial charge in [0.2, 0.25) is 0 Å². The molecule has 5 heteroatoms. The predicted octanol–water partition coefficient (Wildman–Crippen LogP) is 4.70. The fourth-order valence-electron chi connectivity index (χ4n) is 2.17.